The fourth-order valence-electron chi connectivity index (χ4n) is 0.172. The van der Waals surface area contributed by atoms with Gasteiger partial charge in [-0.15, -0.1) is 0 Å². The van der Waals surface area contributed by atoms with Crippen molar-refractivity contribution in [3.8, 4) is 0 Å². The summed E-state index contributed by atoms with van der Waals surface area (Å²) < 4.78 is 0. The zero-order chi connectivity index (χ0) is 5.54. The molecule has 38 valence electrons. The molecule has 0 spiro atoms. The van der Waals surface area contributed by atoms with Crippen LogP contribution in [0, 0.1) is 0 Å². The predicted octanol–water partition coefficient (Wildman–Crippen LogP) is 1.25. The Morgan fingerprint density at radius 2 is 2.29 bits per heavy atom. The highest BCUT2D eigenvalue weighted by Gasteiger charge is 1.53. The maximum absolute atomic E-state index is 3.46. The van der Waals surface area contributed by atoms with Gasteiger partial charge < -0.3 is 0 Å². The minimum absolute atomic E-state index is 1.58. The Kier molecular flexibility index (Phi) is 4.41. The number of nitrogens with zero attached hydrogens (tertiary/aromatic N) is 2. The van der Waals surface area contributed by atoms with Crippen LogP contribution in [0.4, 0.5) is 0 Å². The molecule has 0 bridgehead atoms. The van der Waals surface area contributed by atoms with Crippen molar-refractivity contribution in [2.75, 3.05) is 0 Å². The van der Waals surface area contributed by atoms with Gasteiger partial charge in [0, 0.05) is 12.9 Å². The van der Waals surface area contributed by atoms with Crippen molar-refractivity contribution in [3.63, 3.8) is 0 Å². The highest BCUT2D eigenvalue weighted by molar-refractivity contribution is 5.70. The molecule has 0 fully saturated rings. The van der Waals surface area contributed by atoms with Crippen LogP contribution in [0.1, 0.15) is 6.92 Å². The molecule has 0 N–H and O–H groups in total. The molecule has 2 heteroatoms. The van der Waals surface area contributed by atoms with Gasteiger partial charge in [-0.2, -0.15) is 10.2 Å². The van der Waals surface area contributed by atoms with Crippen molar-refractivity contribution in [1.29, 1.82) is 0 Å². The van der Waals surface area contributed by atoms with E-state index in [4.69, 9.17) is 0 Å². The summed E-state index contributed by atoms with van der Waals surface area (Å²) in [6.45, 7) is 5.06. The molecule has 0 radical (unpaired) electrons. The van der Waals surface area contributed by atoms with Gasteiger partial charge in [-0.1, -0.05) is 6.08 Å². The van der Waals surface area contributed by atoms with E-state index in [1.54, 1.807) is 12.3 Å². The molecule has 2 nitrogen and oxygen atoms in total. The summed E-state index contributed by atoms with van der Waals surface area (Å²) in [5, 5.41) is 6.70. The highest BCUT2D eigenvalue weighted by Crippen LogP contribution is 1.65. The smallest absolute Gasteiger partial charge is 0.0492 e. The van der Waals surface area contributed by atoms with Gasteiger partial charge in [0.25, 0.3) is 0 Å². The van der Waals surface area contributed by atoms with Gasteiger partial charge in [0.2, 0.25) is 0 Å². The molecule has 0 heterocycles. The van der Waals surface area contributed by atoms with Crippen molar-refractivity contribution in [1.82, 2.24) is 0 Å². The first-order valence-electron chi connectivity index (χ1n) is 2.02. The lowest BCUT2D eigenvalue weighted by molar-refractivity contribution is 1.28. The molecule has 0 aliphatic carbocycles. The summed E-state index contributed by atoms with van der Waals surface area (Å²) in [6, 6.07) is 0. The van der Waals surface area contributed by atoms with Gasteiger partial charge in [-0.05, 0) is 13.0 Å². The van der Waals surface area contributed by atoms with E-state index in [0.717, 1.165) is 0 Å². The molecular weight excluding hydrogens is 88.1 g/mol. The Bertz CT molecular complexity index is 92.3. The normalized spacial score (nSPS) is 11.0. The van der Waals surface area contributed by atoms with E-state index < -0.39 is 0 Å². The first kappa shape index (κ1) is 6.08. The van der Waals surface area contributed by atoms with Gasteiger partial charge in [-0.3, -0.25) is 0 Å². The summed E-state index contributed by atoms with van der Waals surface area (Å²) in [4.78, 5) is 0. The second kappa shape index (κ2) is 5.08. The highest BCUT2D eigenvalue weighted by atomic mass is 15.2. The molecule has 0 aliphatic rings. The fraction of sp³-hybridized carbons (Fsp3) is 0.200. The SMILES string of the molecule is C=N/N=C/C=C\C. The van der Waals surface area contributed by atoms with Crippen LogP contribution in [0.25, 0.3) is 0 Å². The van der Waals surface area contributed by atoms with Crippen molar-refractivity contribution < 1.29 is 0 Å². The van der Waals surface area contributed by atoms with Crippen molar-refractivity contribution >= 4 is 12.9 Å². The van der Waals surface area contributed by atoms with E-state index in [-0.39, 0.29) is 0 Å². The maximum atomic E-state index is 3.46. The largest absolute Gasteiger partial charge is 0.167 e. The average Bonchev–Trinajstić information content (AvgIpc) is 1.69. The third kappa shape index (κ3) is 5.08. The Morgan fingerprint density at radius 1 is 1.57 bits per heavy atom. The van der Waals surface area contributed by atoms with E-state index in [1.807, 2.05) is 13.0 Å². The van der Waals surface area contributed by atoms with Crippen molar-refractivity contribution in [2.45, 2.75) is 6.92 Å². The lowest BCUT2D eigenvalue weighted by Crippen LogP contribution is -1.56. The molecule has 0 unspecified atom stereocenters. The van der Waals surface area contributed by atoms with Crippen LogP contribution in [0.2, 0.25) is 0 Å². The topological polar surface area (TPSA) is 24.7 Å². The number of rotatable bonds is 2. The standard InChI is InChI=1S/C5H8N2/c1-3-4-5-7-6-2/h3-5H,2H2,1H3/b4-3-,7-5+. The Balaban J connectivity index is 3.27. The second-order valence-corrected chi connectivity index (χ2v) is 0.932. The summed E-state index contributed by atoms with van der Waals surface area (Å²) in [7, 11) is 0. The molecular formula is C5H8N2. The third-order valence-corrected chi connectivity index (χ3v) is 0.427. The summed E-state index contributed by atoms with van der Waals surface area (Å²) in [5.41, 5.74) is 0. The van der Waals surface area contributed by atoms with E-state index in [0.29, 0.717) is 0 Å². The number of hydrogen-bond acceptors (Lipinski definition) is 2. The quantitative estimate of drug-likeness (QED) is 0.365. The summed E-state index contributed by atoms with van der Waals surface area (Å²) in [5.74, 6) is 0. The van der Waals surface area contributed by atoms with Crippen LogP contribution in [0.3, 0.4) is 0 Å². The molecule has 0 saturated heterocycles. The summed E-state index contributed by atoms with van der Waals surface area (Å²) in [6.07, 6.45) is 5.23. The maximum Gasteiger partial charge on any atom is 0.0492 e. The molecule has 0 aromatic carbocycles. The van der Waals surface area contributed by atoms with Gasteiger partial charge in [0.1, 0.15) is 0 Å². The van der Waals surface area contributed by atoms with Crippen LogP contribution in [0.5, 0.6) is 0 Å². The van der Waals surface area contributed by atoms with Crippen LogP contribution in [0.15, 0.2) is 22.4 Å². The molecule has 0 aromatic heterocycles. The van der Waals surface area contributed by atoms with Gasteiger partial charge in [0.15, 0.2) is 0 Å². The second-order valence-electron chi connectivity index (χ2n) is 0.932. The lowest BCUT2D eigenvalue weighted by atomic mass is 10.6. The van der Waals surface area contributed by atoms with E-state index in [1.165, 1.54) is 0 Å². The number of hydrogen-bond donors (Lipinski definition) is 0. The molecule has 0 rings (SSSR count). The first-order chi connectivity index (χ1) is 3.41. The van der Waals surface area contributed by atoms with Crippen LogP contribution >= 0.6 is 0 Å². The van der Waals surface area contributed by atoms with E-state index >= 15 is 0 Å². The molecule has 0 aromatic rings. The average molecular weight is 96.1 g/mol. The van der Waals surface area contributed by atoms with Crippen molar-refractivity contribution in [3.05, 3.63) is 12.2 Å². The van der Waals surface area contributed by atoms with Gasteiger partial charge in [-0.25, -0.2) is 0 Å². The van der Waals surface area contributed by atoms with E-state index in [2.05, 4.69) is 16.9 Å². The monoisotopic (exact) mass is 96.1 g/mol. The molecule has 7 heavy (non-hydrogen) atoms. The van der Waals surface area contributed by atoms with Gasteiger partial charge in [0.05, 0.1) is 0 Å². The molecule has 0 amide bonds. The molecule has 0 saturated carbocycles. The van der Waals surface area contributed by atoms with Crippen LogP contribution in [-0.4, -0.2) is 12.9 Å². The van der Waals surface area contributed by atoms with Crippen LogP contribution < -0.4 is 0 Å². The third-order valence-electron chi connectivity index (χ3n) is 0.427. The molecule has 0 atom stereocenters. The van der Waals surface area contributed by atoms with Gasteiger partial charge >= 0.3 is 0 Å². The Morgan fingerprint density at radius 3 is 2.71 bits per heavy atom. The predicted molar refractivity (Wildman–Crippen MR) is 32.9 cm³/mol. The summed E-state index contributed by atoms with van der Waals surface area (Å²) >= 11 is 0. The zero-order valence-corrected chi connectivity index (χ0v) is 4.33. The Hall–Kier alpha value is -0.920. The fourth-order valence-corrected chi connectivity index (χ4v) is 0.172. The zero-order valence-electron chi connectivity index (χ0n) is 4.33. The molecule has 0 aliphatic heterocycles. The van der Waals surface area contributed by atoms with Crippen molar-refractivity contribution in [2.24, 2.45) is 10.2 Å². The van der Waals surface area contributed by atoms with E-state index in [9.17, 15) is 0 Å². The Labute approximate surface area is 43.3 Å². The van der Waals surface area contributed by atoms with Crippen LogP contribution in [-0.2, 0) is 0 Å². The lowest BCUT2D eigenvalue weighted by Gasteiger charge is -1.65. The first-order valence-corrected chi connectivity index (χ1v) is 2.02. The minimum Gasteiger partial charge on any atom is -0.167 e. The number of allylic oxidation sites excluding steroid dienone is 2. The minimum atomic E-state index is 1.58.